The first-order valence-corrected chi connectivity index (χ1v) is 5.21. The van der Waals surface area contributed by atoms with Crippen LogP contribution < -0.4 is 5.73 Å². The summed E-state index contributed by atoms with van der Waals surface area (Å²) in [6.45, 7) is 2.54. The molecule has 0 saturated heterocycles. The molecule has 0 fully saturated rings. The van der Waals surface area contributed by atoms with Crippen molar-refractivity contribution in [3.05, 3.63) is 28.3 Å². The van der Waals surface area contributed by atoms with Crippen LogP contribution in [0.15, 0.2) is 12.1 Å². The molecule has 78 valence electrons. The number of unbranched alkanes of at least 4 members (excludes halogenated alkanes) is 1. The summed E-state index contributed by atoms with van der Waals surface area (Å²) in [4.78, 5) is 0. The van der Waals surface area contributed by atoms with Crippen LogP contribution in [0, 0.1) is 6.92 Å². The van der Waals surface area contributed by atoms with Crippen molar-refractivity contribution in [3.8, 4) is 5.75 Å². The monoisotopic (exact) mass is 213 g/mol. The average molecular weight is 214 g/mol. The Morgan fingerprint density at radius 1 is 1.36 bits per heavy atom. The third-order valence-electron chi connectivity index (χ3n) is 2.30. The average Bonchev–Trinajstić information content (AvgIpc) is 2.18. The van der Waals surface area contributed by atoms with E-state index in [-0.39, 0.29) is 5.75 Å². The number of halogens is 1. The van der Waals surface area contributed by atoms with Gasteiger partial charge in [-0.25, -0.2) is 0 Å². The molecule has 0 aliphatic carbocycles. The van der Waals surface area contributed by atoms with Crippen LogP contribution in [-0.2, 0) is 6.42 Å². The first-order valence-electron chi connectivity index (χ1n) is 4.84. The molecule has 1 aromatic carbocycles. The molecule has 1 rings (SSSR count). The Kier molecular flexibility index (Phi) is 4.23. The highest BCUT2D eigenvalue weighted by molar-refractivity contribution is 6.32. The molecule has 0 amide bonds. The minimum Gasteiger partial charge on any atom is -0.506 e. The Morgan fingerprint density at radius 2 is 2.07 bits per heavy atom. The van der Waals surface area contributed by atoms with Gasteiger partial charge in [0.25, 0.3) is 0 Å². The zero-order chi connectivity index (χ0) is 10.6. The molecule has 0 heterocycles. The van der Waals surface area contributed by atoms with E-state index >= 15 is 0 Å². The third kappa shape index (κ3) is 2.63. The van der Waals surface area contributed by atoms with E-state index in [0.29, 0.717) is 11.6 Å². The van der Waals surface area contributed by atoms with Gasteiger partial charge in [-0.3, -0.25) is 0 Å². The van der Waals surface area contributed by atoms with Crippen molar-refractivity contribution in [1.29, 1.82) is 0 Å². The first kappa shape index (κ1) is 11.3. The van der Waals surface area contributed by atoms with E-state index in [1.807, 2.05) is 19.1 Å². The molecule has 0 aromatic heterocycles. The highest BCUT2D eigenvalue weighted by atomic mass is 35.5. The maximum absolute atomic E-state index is 9.59. The summed E-state index contributed by atoms with van der Waals surface area (Å²) in [5, 5.41) is 10.1. The predicted molar refractivity (Wildman–Crippen MR) is 59.8 cm³/mol. The second-order valence-corrected chi connectivity index (χ2v) is 3.83. The van der Waals surface area contributed by atoms with Crippen LogP contribution in [0.5, 0.6) is 5.75 Å². The van der Waals surface area contributed by atoms with Crippen molar-refractivity contribution in [1.82, 2.24) is 0 Å². The molecule has 0 aliphatic heterocycles. The molecule has 0 saturated carbocycles. The van der Waals surface area contributed by atoms with Crippen molar-refractivity contribution in [2.75, 3.05) is 6.54 Å². The molecule has 0 atom stereocenters. The van der Waals surface area contributed by atoms with Crippen LogP contribution in [0.1, 0.15) is 24.0 Å². The molecule has 1 aromatic rings. The fraction of sp³-hybridized carbons (Fsp3) is 0.455. The molecule has 14 heavy (non-hydrogen) atoms. The van der Waals surface area contributed by atoms with Gasteiger partial charge in [0, 0.05) is 0 Å². The summed E-state index contributed by atoms with van der Waals surface area (Å²) in [5.41, 5.74) is 7.22. The van der Waals surface area contributed by atoms with Crippen LogP contribution in [0.25, 0.3) is 0 Å². The van der Waals surface area contributed by atoms with E-state index in [0.717, 1.165) is 30.4 Å². The lowest BCUT2D eigenvalue weighted by Gasteiger charge is -2.07. The van der Waals surface area contributed by atoms with Crippen LogP contribution in [0.3, 0.4) is 0 Å². The van der Waals surface area contributed by atoms with Gasteiger partial charge in [0.1, 0.15) is 5.75 Å². The summed E-state index contributed by atoms with van der Waals surface area (Å²) in [5.74, 6) is 0.205. The number of aryl methyl sites for hydroxylation is 2. The Hall–Kier alpha value is -0.730. The van der Waals surface area contributed by atoms with Gasteiger partial charge < -0.3 is 10.8 Å². The maximum Gasteiger partial charge on any atom is 0.137 e. The van der Waals surface area contributed by atoms with E-state index < -0.39 is 0 Å². The molecule has 0 bridgehead atoms. The van der Waals surface area contributed by atoms with Crippen molar-refractivity contribution in [2.45, 2.75) is 26.2 Å². The second kappa shape index (κ2) is 5.23. The normalized spacial score (nSPS) is 10.5. The molecule has 0 unspecified atom stereocenters. The van der Waals surface area contributed by atoms with Crippen LogP contribution in [-0.4, -0.2) is 11.7 Å². The van der Waals surface area contributed by atoms with E-state index in [1.165, 1.54) is 0 Å². The maximum atomic E-state index is 9.59. The van der Waals surface area contributed by atoms with Crippen LogP contribution >= 0.6 is 11.6 Å². The minimum absolute atomic E-state index is 0.205. The molecule has 0 radical (unpaired) electrons. The number of nitrogens with two attached hydrogens (primary N) is 1. The van der Waals surface area contributed by atoms with Crippen molar-refractivity contribution >= 4 is 11.6 Å². The number of hydrogen-bond acceptors (Lipinski definition) is 2. The van der Waals surface area contributed by atoms with Gasteiger partial charge in [-0.15, -0.1) is 0 Å². The highest BCUT2D eigenvalue weighted by Gasteiger charge is 2.07. The quantitative estimate of drug-likeness (QED) is 0.756. The third-order valence-corrected chi connectivity index (χ3v) is 2.72. The van der Waals surface area contributed by atoms with Gasteiger partial charge in [0.05, 0.1) is 5.02 Å². The van der Waals surface area contributed by atoms with E-state index in [9.17, 15) is 5.11 Å². The van der Waals surface area contributed by atoms with Crippen LogP contribution in [0.2, 0.25) is 5.02 Å². The lowest BCUT2D eigenvalue weighted by atomic mass is 10.1. The fourth-order valence-corrected chi connectivity index (χ4v) is 1.66. The first-order chi connectivity index (χ1) is 6.66. The summed E-state index contributed by atoms with van der Waals surface area (Å²) in [7, 11) is 0. The molecule has 3 N–H and O–H groups in total. The Balaban J connectivity index is 2.73. The van der Waals surface area contributed by atoms with Crippen LogP contribution in [0.4, 0.5) is 0 Å². The topological polar surface area (TPSA) is 46.2 Å². The largest absolute Gasteiger partial charge is 0.506 e. The van der Waals surface area contributed by atoms with E-state index in [4.69, 9.17) is 17.3 Å². The van der Waals surface area contributed by atoms with Crippen molar-refractivity contribution < 1.29 is 5.11 Å². The van der Waals surface area contributed by atoms with E-state index in [1.54, 1.807) is 0 Å². The van der Waals surface area contributed by atoms with Gasteiger partial charge in [-0.1, -0.05) is 23.7 Å². The molecule has 0 spiro atoms. The number of phenols is 1. The molecule has 0 aliphatic rings. The lowest BCUT2D eigenvalue weighted by molar-refractivity contribution is 0.470. The summed E-state index contributed by atoms with van der Waals surface area (Å²) in [6.07, 6.45) is 2.88. The number of aromatic hydroxyl groups is 1. The fourth-order valence-electron chi connectivity index (χ4n) is 1.36. The number of rotatable bonds is 4. The van der Waals surface area contributed by atoms with E-state index in [2.05, 4.69) is 0 Å². The summed E-state index contributed by atoms with van der Waals surface area (Å²) < 4.78 is 0. The zero-order valence-electron chi connectivity index (χ0n) is 8.39. The molecule has 2 nitrogen and oxygen atoms in total. The summed E-state index contributed by atoms with van der Waals surface area (Å²) in [6, 6.07) is 3.85. The van der Waals surface area contributed by atoms with Gasteiger partial charge in [-0.05, 0) is 43.9 Å². The molecular weight excluding hydrogens is 198 g/mol. The Labute approximate surface area is 89.7 Å². The Morgan fingerprint density at radius 3 is 2.71 bits per heavy atom. The zero-order valence-corrected chi connectivity index (χ0v) is 9.14. The second-order valence-electron chi connectivity index (χ2n) is 3.45. The van der Waals surface area contributed by atoms with Crippen molar-refractivity contribution in [3.63, 3.8) is 0 Å². The van der Waals surface area contributed by atoms with Gasteiger partial charge in [0.15, 0.2) is 0 Å². The van der Waals surface area contributed by atoms with Gasteiger partial charge in [-0.2, -0.15) is 0 Å². The standard InChI is InChI=1S/C11H16ClNO/c1-8-5-6-9(4-2-3-7-13)10(12)11(8)14/h5-6,14H,2-4,7,13H2,1H3. The molecular formula is C11H16ClNO. The smallest absolute Gasteiger partial charge is 0.137 e. The van der Waals surface area contributed by atoms with Gasteiger partial charge in [0.2, 0.25) is 0 Å². The molecule has 3 heteroatoms. The number of phenolic OH excluding ortho intramolecular Hbond substituents is 1. The number of hydrogen-bond donors (Lipinski definition) is 2. The number of benzene rings is 1. The highest BCUT2D eigenvalue weighted by Crippen LogP contribution is 2.31. The lowest BCUT2D eigenvalue weighted by Crippen LogP contribution is -1.99. The summed E-state index contributed by atoms with van der Waals surface area (Å²) >= 11 is 6.00. The van der Waals surface area contributed by atoms with Gasteiger partial charge >= 0.3 is 0 Å². The van der Waals surface area contributed by atoms with Crippen molar-refractivity contribution in [2.24, 2.45) is 5.73 Å². The SMILES string of the molecule is Cc1ccc(CCCCN)c(Cl)c1O. The minimum atomic E-state index is 0.205. The predicted octanol–water partition coefficient (Wildman–Crippen LogP) is 2.64. The Bertz CT molecular complexity index is 312.